The van der Waals surface area contributed by atoms with Crippen LogP contribution in [0.5, 0.6) is 0 Å². The molecular formula is C12H18O. The molecule has 0 saturated heterocycles. The smallest absolute Gasteiger partial charge is 0.137 e. The molecular weight excluding hydrogens is 160 g/mol. The zero-order valence-corrected chi connectivity index (χ0v) is 8.60. The van der Waals surface area contributed by atoms with Crippen molar-refractivity contribution in [2.45, 2.75) is 39.5 Å². The Morgan fingerprint density at radius 1 is 1.54 bits per heavy atom. The van der Waals surface area contributed by atoms with Crippen LogP contribution in [0.15, 0.2) is 12.2 Å². The summed E-state index contributed by atoms with van der Waals surface area (Å²) >= 11 is 0. The Kier molecular flexibility index (Phi) is 1.86. The summed E-state index contributed by atoms with van der Waals surface area (Å²) in [4.78, 5) is 11.7. The second kappa shape index (κ2) is 2.70. The Morgan fingerprint density at radius 3 is 2.69 bits per heavy atom. The maximum absolute atomic E-state index is 11.7. The molecule has 0 aromatic rings. The quantitative estimate of drug-likeness (QED) is 0.564. The van der Waals surface area contributed by atoms with Crippen molar-refractivity contribution in [3.8, 4) is 0 Å². The highest BCUT2D eigenvalue weighted by atomic mass is 16.1. The summed E-state index contributed by atoms with van der Waals surface area (Å²) in [5.74, 6) is 1.41. The fraction of sp³-hybridized carbons (Fsp3) is 0.750. The highest BCUT2D eigenvalue weighted by Crippen LogP contribution is 2.61. The second-order valence-corrected chi connectivity index (χ2v) is 4.88. The fourth-order valence-corrected chi connectivity index (χ4v) is 3.31. The highest BCUT2D eigenvalue weighted by Gasteiger charge is 2.55. The van der Waals surface area contributed by atoms with E-state index >= 15 is 0 Å². The van der Waals surface area contributed by atoms with Crippen LogP contribution < -0.4 is 0 Å². The molecule has 0 N–H and O–H groups in total. The van der Waals surface area contributed by atoms with Gasteiger partial charge in [-0.15, -0.1) is 0 Å². The summed E-state index contributed by atoms with van der Waals surface area (Å²) in [6.07, 6.45) is 4.05. The van der Waals surface area contributed by atoms with Gasteiger partial charge in [0.25, 0.3) is 0 Å². The Labute approximate surface area is 80.2 Å². The summed E-state index contributed by atoms with van der Waals surface area (Å²) in [6, 6.07) is 0. The third-order valence-electron chi connectivity index (χ3n) is 4.16. The number of hydrogen-bond acceptors (Lipinski definition) is 1. The average molecular weight is 178 g/mol. The Balaban J connectivity index is 2.31. The largest absolute Gasteiger partial charge is 0.299 e. The summed E-state index contributed by atoms with van der Waals surface area (Å²) in [5.41, 5.74) is 1.54. The predicted octanol–water partition coefficient (Wildman–Crippen LogP) is 2.96. The van der Waals surface area contributed by atoms with E-state index in [1.807, 2.05) is 0 Å². The molecule has 1 nitrogen and oxygen atoms in total. The van der Waals surface area contributed by atoms with Crippen molar-refractivity contribution >= 4 is 5.78 Å². The topological polar surface area (TPSA) is 17.1 Å². The molecule has 0 bridgehead atoms. The van der Waals surface area contributed by atoms with Gasteiger partial charge < -0.3 is 0 Å². The number of fused-ring (bicyclic) bond motifs is 1. The number of allylic oxidation sites excluding steroid dienone is 1. The van der Waals surface area contributed by atoms with Crippen LogP contribution in [0.1, 0.15) is 39.5 Å². The molecule has 2 unspecified atom stereocenters. The molecule has 2 aliphatic carbocycles. The molecule has 0 heterocycles. The van der Waals surface area contributed by atoms with E-state index in [0.717, 1.165) is 19.3 Å². The Hall–Kier alpha value is -0.590. The van der Waals surface area contributed by atoms with Gasteiger partial charge in [-0.2, -0.15) is 0 Å². The van der Waals surface area contributed by atoms with E-state index in [-0.39, 0.29) is 5.41 Å². The standard InChI is InChI=1S/C12H18O/c1-8(2)12-6-4-5-11(13)10(12)7-9(12)3/h8,10H,3-7H2,1-2H3. The maximum atomic E-state index is 11.7. The lowest BCUT2D eigenvalue weighted by atomic mass is 9.47. The Morgan fingerprint density at radius 2 is 2.23 bits per heavy atom. The number of carbonyl (C=O) groups is 1. The lowest BCUT2D eigenvalue weighted by Crippen LogP contribution is -2.52. The molecule has 2 saturated carbocycles. The van der Waals surface area contributed by atoms with Crippen molar-refractivity contribution in [1.29, 1.82) is 0 Å². The van der Waals surface area contributed by atoms with Crippen molar-refractivity contribution < 1.29 is 4.79 Å². The van der Waals surface area contributed by atoms with Gasteiger partial charge in [0.05, 0.1) is 0 Å². The van der Waals surface area contributed by atoms with Crippen LogP contribution in [0, 0.1) is 17.3 Å². The molecule has 13 heavy (non-hydrogen) atoms. The van der Waals surface area contributed by atoms with Crippen molar-refractivity contribution in [3.63, 3.8) is 0 Å². The molecule has 0 aliphatic heterocycles. The van der Waals surface area contributed by atoms with Crippen molar-refractivity contribution in [2.75, 3.05) is 0 Å². The van der Waals surface area contributed by atoms with Gasteiger partial charge in [0.2, 0.25) is 0 Å². The number of Topliss-reactive ketones (excluding diaryl/α,β-unsaturated/α-hetero) is 1. The van der Waals surface area contributed by atoms with Crippen LogP contribution in [0.25, 0.3) is 0 Å². The molecule has 2 atom stereocenters. The van der Waals surface area contributed by atoms with Crippen molar-refractivity contribution in [3.05, 3.63) is 12.2 Å². The lowest BCUT2D eigenvalue weighted by Gasteiger charge is -2.56. The van der Waals surface area contributed by atoms with Crippen LogP contribution in [-0.4, -0.2) is 5.78 Å². The molecule has 2 aliphatic rings. The van der Waals surface area contributed by atoms with Crippen LogP contribution in [0.2, 0.25) is 0 Å². The summed E-state index contributed by atoms with van der Waals surface area (Å²) in [5, 5.41) is 0. The van der Waals surface area contributed by atoms with Crippen molar-refractivity contribution in [2.24, 2.45) is 17.3 Å². The van der Waals surface area contributed by atoms with Gasteiger partial charge in [0.15, 0.2) is 0 Å². The van der Waals surface area contributed by atoms with Crippen LogP contribution >= 0.6 is 0 Å². The van der Waals surface area contributed by atoms with Crippen LogP contribution in [0.3, 0.4) is 0 Å². The molecule has 0 aromatic heterocycles. The van der Waals surface area contributed by atoms with Gasteiger partial charge in [-0.1, -0.05) is 26.0 Å². The molecule has 0 amide bonds. The average Bonchev–Trinajstić information content (AvgIpc) is 2.06. The third kappa shape index (κ3) is 0.962. The predicted molar refractivity (Wildman–Crippen MR) is 53.4 cm³/mol. The van der Waals surface area contributed by atoms with E-state index in [2.05, 4.69) is 20.4 Å². The van der Waals surface area contributed by atoms with Gasteiger partial charge in [0, 0.05) is 17.8 Å². The molecule has 0 aromatic carbocycles. The molecule has 2 fully saturated rings. The van der Waals surface area contributed by atoms with Gasteiger partial charge in [-0.05, 0) is 25.2 Å². The first kappa shape index (κ1) is 8.98. The zero-order chi connectivity index (χ0) is 9.64. The van der Waals surface area contributed by atoms with E-state index in [9.17, 15) is 4.79 Å². The number of rotatable bonds is 1. The fourth-order valence-electron chi connectivity index (χ4n) is 3.31. The summed E-state index contributed by atoms with van der Waals surface area (Å²) < 4.78 is 0. The number of ketones is 1. The zero-order valence-electron chi connectivity index (χ0n) is 8.60. The lowest BCUT2D eigenvalue weighted by molar-refractivity contribution is -0.136. The summed E-state index contributed by atoms with van der Waals surface area (Å²) in [6.45, 7) is 8.58. The summed E-state index contributed by atoms with van der Waals surface area (Å²) in [7, 11) is 0. The van der Waals surface area contributed by atoms with E-state index in [1.165, 1.54) is 12.0 Å². The molecule has 0 radical (unpaired) electrons. The third-order valence-corrected chi connectivity index (χ3v) is 4.16. The Bertz CT molecular complexity index is 264. The molecule has 2 rings (SSSR count). The first-order valence-corrected chi connectivity index (χ1v) is 5.30. The van der Waals surface area contributed by atoms with Gasteiger partial charge in [0.1, 0.15) is 5.78 Å². The van der Waals surface area contributed by atoms with Gasteiger partial charge in [-0.25, -0.2) is 0 Å². The van der Waals surface area contributed by atoms with Crippen molar-refractivity contribution in [1.82, 2.24) is 0 Å². The SMILES string of the molecule is C=C1CC2C(=O)CCCC12C(C)C. The second-order valence-electron chi connectivity index (χ2n) is 4.88. The minimum Gasteiger partial charge on any atom is -0.299 e. The van der Waals surface area contributed by atoms with Crippen LogP contribution in [0.4, 0.5) is 0 Å². The maximum Gasteiger partial charge on any atom is 0.137 e. The monoisotopic (exact) mass is 178 g/mol. The van der Waals surface area contributed by atoms with Gasteiger partial charge >= 0.3 is 0 Å². The first-order chi connectivity index (χ1) is 6.09. The number of carbonyl (C=O) groups excluding carboxylic acids is 1. The minimum atomic E-state index is 0.204. The van der Waals surface area contributed by atoms with E-state index in [0.29, 0.717) is 17.6 Å². The molecule has 1 heteroatoms. The number of hydrogen-bond donors (Lipinski definition) is 0. The van der Waals surface area contributed by atoms with E-state index in [1.54, 1.807) is 0 Å². The molecule has 0 spiro atoms. The minimum absolute atomic E-state index is 0.204. The molecule has 72 valence electrons. The van der Waals surface area contributed by atoms with E-state index < -0.39 is 0 Å². The van der Waals surface area contributed by atoms with Crippen LogP contribution in [-0.2, 0) is 4.79 Å². The first-order valence-electron chi connectivity index (χ1n) is 5.30. The highest BCUT2D eigenvalue weighted by molar-refractivity contribution is 5.85. The van der Waals surface area contributed by atoms with Gasteiger partial charge in [-0.3, -0.25) is 4.79 Å². The normalized spacial score (nSPS) is 38.8. The van der Waals surface area contributed by atoms with E-state index in [4.69, 9.17) is 0 Å².